The van der Waals surface area contributed by atoms with E-state index in [0.29, 0.717) is 13.1 Å². The van der Waals surface area contributed by atoms with E-state index in [-0.39, 0.29) is 24.5 Å². The van der Waals surface area contributed by atoms with E-state index >= 15 is 0 Å². The van der Waals surface area contributed by atoms with Crippen LogP contribution in [-0.4, -0.2) is 24.8 Å². The van der Waals surface area contributed by atoms with Crippen molar-refractivity contribution in [3.05, 3.63) is 21.4 Å². The lowest BCUT2D eigenvalue weighted by molar-refractivity contribution is -0.121. The van der Waals surface area contributed by atoms with Crippen molar-refractivity contribution in [3.63, 3.8) is 0 Å². The molecule has 0 aliphatic rings. The molecule has 0 radical (unpaired) electrons. The zero-order chi connectivity index (χ0) is 13.5. The molecule has 1 aromatic heterocycles. The average molecular weight is 268 g/mol. The van der Waals surface area contributed by atoms with Gasteiger partial charge in [-0.1, -0.05) is 0 Å². The van der Waals surface area contributed by atoms with Crippen LogP contribution in [0.1, 0.15) is 39.4 Å². The molecule has 0 aromatic carbocycles. The van der Waals surface area contributed by atoms with Crippen LogP contribution in [0.25, 0.3) is 0 Å². The summed E-state index contributed by atoms with van der Waals surface area (Å²) in [4.78, 5) is 25.5. The van der Waals surface area contributed by atoms with Gasteiger partial charge in [-0.05, 0) is 32.9 Å². The predicted molar refractivity (Wildman–Crippen MR) is 74.0 cm³/mol. The summed E-state index contributed by atoms with van der Waals surface area (Å²) in [7, 11) is 0. The quantitative estimate of drug-likeness (QED) is 0.585. The largest absolute Gasteiger partial charge is 0.356 e. The van der Waals surface area contributed by atoms with E-state index in [1.807, 2.05) is 19.9 Å². The second-order valence-electron chi connectivity index (χ2n) is 4.24. The number of ketones is 1. The minimum atomic E-state index is -0.0820. The molecule has 18 heavy (non-hydrogen) atoms. The Morgan fingerprint density at radius 1 is 1.33 bits per heavy atom. The number of nitrogens with one attached hydrogen (secondary N) is 1. The Morgan fingerprint density at radius 3 is 2.61 bits per heavy atom. The summed E-state index contributed by atoms with van der Waals surface area (Å²) in [5.41, 5.74) is 6.08. The highest BCUT2D eigenvalue weighted by molar-refractivity contribution is 7.12. The fourth-order valence-electron chi connectivity index (χ4n) is 1.69. The molecule has 0 saturated heterocycles. The van der Waals surface area contributed by atoms with E-state index in [2.05, 4.69) is 5.32 Å². The first-order valence-electron chi connectivity index (χ1n) is 6.11. The van der Waals surface area contributed by atoms with Crippen LogP contribution in [0.2, 0.25) is 0 Å². The Kier molecular flexibility index (Phi) is 6.01. The van der Waals surface area contributed by atoms with Gasteiger partial charge in [-0.15, -0.1) is 11.3 Å². The molecule has 0 aliphatic heterocycles. The minimum absolute atomic E-state index is 0.0471. The molecule has 3 N–H and O–H groups in total. The number of thiophene rings is 1. The molecule has 0 bridgehead atoms. The van der Waals surface area contributed by atoms with E-state index in [1.54, 1.807) is 11.3 Å². The van der Waals surface area contributed by atoms with Crippen LogP contribution >= 0.6 is 11.3 Å². The van der Waals surface area contributed by atoms with Gasteiger partial charge in [0.05, 0.1) is 0 Å². The van der Waals surface area contributed by atoms with Crippen molar-refractivity contribution in [2.75, 3.05) is 13.1 Å². The lowest BCUT2D eigenvalue weighted by atomic mass is 10.1. The minimum Gasteiger partial charge on any atom is -0.356 e. The highest BCUT2D eigenvalue weighted by Crippen LogP contribution is 2.22. The number of aryl methyl sites for hydroxylation is 2. The maximum atomic E-state index is 11.9. The first-order chi connectivity index (χ1) is 8.54. The lowest BCUT2D eigenvalue weighted by Gasteiger charge is -2.03. The zero-order valence-electron chi connectivity index (χ0n) is 10.9. The predicted octanol–water partition coefficient (Wildman–Crippen LogP) is 1.79. The molecule has 1 aromatic rings. The van der Waals surface area contributed by atoms with Crippen molar-refractivity contribution in [3.8, 4) is 0 Å². The van der Waals surface area contributed by atoms with Gasteiger partial charge in [0, 0.05) is 34.7 Å². The maximum absolute atomic E-state index is 11.9. The number of rotatable bonds is 7. The fraction of sp³-hybridized carbons (Fsp3) is 0.538. The van der Waals surface area contributed by atoms with E-state index in [1.165, 1.54) is 0 Å². The second kappa shape index (κ2) is 7.28. The molecule has 0 spiro atoms. The number of Topliss-reactive ketones (excluding diaryl/α,β-unsaturated/α-hetero) is 1. The molecule has 0 saturated carbocycles. The zero-order valence-corrected chi connectivity index (χ0v) is 11.7. The monoisotopic (exact) mass is 268 g/mol. The third kappa shape index (κ3) is 4.58. The van der Waals surface area contributed by atoms with Crippen molar-refractivity contribution in [2.24, 2.45) is 5.73 Å². The van der Waals surface area contributed by atoms with Crippen LogP contribution in [0.3, 0.4) is 0 Å². The molecule has 1 amide bonds. The molecule has 1 heterocycles. The van der Waals surface area contributed by atoms with Crippen molar-refractivity contribution in [1.29, 1.82) is 0 Å². The number of hydrogen-bond donors (Lipinski definition) is 2. The number of amides is 1. The Balaban J connectivity index is 2.37. The lowest BCUT2D eigenvalue weighted by Crippen LogP contribution is -2.26. The smallest absolute Gasteiger partial charge is 0.220 e. The molecule has 0 unspecified atom stereocenters. The standard InChI is InChI=1S/C13H20N2O2S/c1-9-8-11(10(2)18-9)12(16)4-5-13(17)15-7-3-6-14/h8H,3-7,14H2,1-2H3,(H,15,17). The number of carbonyl (C=O) groups excluding carboxylic acids is 2. The van der Waals surface area contributed by atoms with E-state index in [4.69, 9.17) is 5.73 Å². The van der Waals surface area contributed by atoms with Gasteiger partial charge >= 0.3 is 0 Å². The SMILES string of the molecule is Cc1cc(C(=O)CCC(=O)NCCCN)c(C)s1. The van der Waals surface area contributed by atoms with E-state index in [0.717, 1.165) is 21.7 Å². The molecule has 4 nitrogen and oxygen atoms in total. The van der Waals surface area contributed by atoms with Gasteiger partial charge in [-0.3, -0.25) is 9.59 Å². The topological polar surface area (TPSA) is 72.2 Å². The first-order valence-corrected chi connectivity index (χ1v) is 6.93. The summed E-state index contributed by atoms with van der Waals surface area (Å²) in [6.45, 7) is 5.06. The highest BCUT2D eigenvalue weighted by Gasteiger charge is 2.13. The molecule has 100 valence electrons. The van der Waals surface area contributed by atoms with Gasteiger partial charge < -0.3 is 11.1 Å². The van der Waals surface area contributed by atoms with Crippen molar-refractivity contribution < 1.29 is 9.59 Å². The van der Waals surface area contributed by atoms with Crippen LogP contribution in [0.15, 0.2) is 6.07 Å². The van der Waals surface area contributed by atoms with Crippen LogP contribution in [0.4, 0.5) is 0 Å². The molecular formula is C13H20N2O2S. The Morgan fingerprint density at radius 2 is 2.06 bits per heavy atom. The van der Waals surface area contributed by atoms with Crippen LogP contribution in [0.5, 0.6) is 0 Å². The fourth-order valence-corrected chi connectivity index (χ4v) is 2.63. The van der Waals surface area contributed by atoms with Gasteiger partial charge in [0.2, 0.25) is 5.91 Å². The Labute approximate surface area is 112 Å². The Hall–Kier alpha value is -1.20. The summed E-state index contributed by atoms with van der Waals surface area (Å²) in [6.07, 6.45) is 1.28. The van der Waals surface area contributed by atoms with Crippen molar-refractivity contribution >= 4 is 23.0 Å². The van der Waals surface area contributed by atoms with Gasteiger partial charge in [-0.25, -0.2) is 0 Å². The summed E-state index contributed by atoms with van der Waals surface area (Å²) in [5, 5.41) is 2.74. The molecule has 0 atom stereocenters. The second-order valence-corrected chi connectivity index (χ2v) is 5.70. The average Bonchev–Trinajstić information content (AvgIpc) is 2.66. The van der Waals surface area contributed by atoms with Gasteiger partial charge in [0.15, 0.2) is 5.78 Å². The first kappa shape index (κ1) is 14.9. The third-order valence-corrected chi connectivity index (χ3v) is 3.59. The van der Waals surface area contributed by atoms with Gasteiger partial charge in [0.25, 0.3) is 0 Å². The van der Waals surface area contributed by atoms with Crippen LogP contribution in [-0.2, 0) is 4.79 Å². The van der Waals surface area contributed by atoms with Gasteiger partial charge in [-0.2, -0.15) is 0 Å². The van der Waals surface area contributed by atoms with Crippen molar-refractivity contribution in [1.82, 2.24) is 5.32 Å². The third-order valence-electron chi connectivity index (χ3n) is 2.62. The van der Waals surface area contributed by atoms with Crippen molar-refractivity contribution in [2.45, 2.75) is 33.1 Å². The number of hydrogen-bond acceptors (Lipinski definition) is 4. The number of nitrogens with two attached hydrogens (primary N) is 1. The summed E-state index contributed by atoms with van der Waals surface area (Å²) in [6, 6.07) is 1.90. The molecular weight excluding hydrogens is 248 g/mol. The molecule has 0 fully saturated rings. The van der Waals surface area contributed by atoms with Crippen LogP contribution < -0.4 is 11.1 Å². The van der Waals surface area contributed by atoms with Crippen LogP contribution in [0, 0.1) is 13.8 Å². The molecule has 0 aliphatic carbocycles. The Bertz CT molecular complexity index is 427. The molecule has 5 heteroatoms. The van der Waals surface area contributed by atoms with E-state index < -0.39 is 0 Å². The van der Waals surface area contributed by atoms with E-state index in [9.17, 15) is 9.59 Å². The molecule has 1 rings (SSSR count). The maximum Gasteiger partial charge on any atom is 0.220 e. The number of carbonyl (C=O) groups is 2. The summed E-state index contributed by atoms with van der Waals surface area (Å²) >= 11 is 1.61. The van der Waals surface area contributed by atoms with Gasteiger partial charge in [0.1, 0.15) is 0 Å². The summed E-state index contributed by atoms with van der Waals surface area (Å²) < 4.78 is 0. The highest BCUT2D eigenvalue weighted by atomic mass is 32.1. The normalized spacial score (nSPS) is 10.4. The summed E-state index contributed by atoms with van der Waals surface area (Å²) in [5.74, 6) is -0.0350.